The van der Waals surface area contributed by atoms with Crippen LogP contribution in [0.25, 0.3) is 5.69 Å². The van der Waals surface area contributed by atoms with E-state index in [-0.39, 0.29) is 18.1 Å². The normalized spacial score (nSPS) is 12.8. The summed E-state index contributed by atoms with van der Waals surface area (Å²) in [5, 5.41) is 9.19. The van der Waals surface area contributed by atoms with Crippen molar-refractivity contribution in [3.05, 3.63) is 81.6 Å². The zero-order valence-electron chi connectivity index (χ0n) is 12.8. The molecule has 4 rings (SSSR count). The number of fused-ring (bicyclic) bond motifs is 3. The molecule has 0 spiro atoms. The van der Waals surface area contributed by atoms with Crippen LogP contribution in [0.5, 0.6) is 0 Å². The second kappa shape index (κ2) is 5.93. The molecule has 1 aliphatic rings. The summed E-state index contributed by atoms with van der Waals surface area (Å²) in [6.45, 7) is 0.156. The zero-order chi connectivity index (χ0) is 17.6. The highest BCUT2D eigenvalue weighted by Gasteiger charge is 2.23. The lowest BCUT2D eigenvalue weighted by molar-refractivity contribution is 0.0691. The van der Waals surface area contributed by atoms with Crippen molar-refractivity contribution in [2.24, 2.45) is 4.99 Å². The molecule has 2 heterocycles. The second-order valence-electron chi connectivity index (χ2n) is 5.52. The summed E-state index contributed by atoms with van der Waals surface area (Å²) < 4.78 is 16.8. The lowest BCUT2D eigenvalue weighted by atomic mass is 10.00. The molecule has 7 heteroatoms. The summed E-state index contributed by atoms with van der Waals surface area (Å²) in [5.74, 6) is -0.970. The summed E-state index contributed by atoms with van der Waals surface area (Å²) in [5.41, 5.74) is 2.27. The first-order chi connectivity index (χ1) is 12.0. The number of carboxylic acids is 1. The number of hydrogen-bond acceptors (Lipinski definition) is 3. The Morgan fingerprint density at radius 2 is 2.00 bits per heavy atom. The molecule has 124 valence electrons. The van der Waals surface area contributed by atoms with Crippen LogP contribution < -0.4 is 0 Å². The minimum atomic E-state index is -1.10. The Morgan fingerprint density at radius 1 is 1.20 bits per heavy atom. The first-order valence-corrected chi connectivity index (χ1v) is 8.25. The van der Waals surface area contributed by atoms with Crippen LogP contribution in [0.2, 0.25) is 0 Å². The highest BCUT2D eigenvalue weighted by atomic mass is 79.9. The van der Waals surface area contributed by atoms with Gasteiger partial charge in [-0.2, -0.15) is 0 Å². The Balaban J connectivity index is 1.98. The number of aliphatic imine (C=N–C) groups is 1. The number of halogens is 2. The van der Waals surface area contributed by atoms with Crippen LogP contribution in [0.3, 0.4) is 0 Å². The highest BCUT2D eigenvalue weighted by molar-refractivity contribution is 9.10. The third-order valence-electron chi connectivity index (χ3n) is 3.98. The molecule has 0 saturated carbocycles. The lowest BCUT2D eigenvalue weighted by Gasteiger charge is -2.12. The zero-order valence-corrected chi connectivity index (χ0v) is 14.4. The smallest absolute Gasteiger partial charge is 0.356 e. The Bertz CT molecular complexity index is 1040. The van der Waals surface area contributed by atoms with E-state index >= 15 is 0 Å². The van der Waals surface area contributed by atoms with Crippen LogP contribution in [0.4, 0.5) is 4.39 Å². The van der Waals surface area contributed by atoms with Crippen molar-refractivity contribution >= 4 is 27.6 Å². The molecule has 2 aromatic carbocycles. The quantitative estimate of drug-likeness (QED) is 0.711. The number of imidazole rings is 1. The lowest BCUT2D eigenvalue weighted by Crippen LogP contribution is -2.09. The number of benzene rings is 2. The number of aromatic carboxylic acids is 1. The van der Waals surface area contributed by atoms with Crippen LogP contribution in [-0.4, -0.2) is 26.3 Å². The van der Waals surface area contributed by atoms with Crippen molar-refractivity contribution in [1.29, 1.82) is 0 Å². The van der Waals surface area contributed by atoms with Crippen molar-refractivity contribution in [1.82, 2.24) is 9.55 Å². The Kier molecular flexibility index (Phi) is 3.73. The van der Waals surface area contributed by atoms with Crippen LogP contribution >= 0.6 is 15.9 Å². The van der Waals surface area contributed by atoms with Crippen molar-refractivity contribution < 1.29 is 14.3 Å². The van der Waals surface area contributed by atoms with Crippen LogP contribution in [0.1, 0.15) is 27.4 Å². The predicted molar refractivity (Wildman–Crippen MR) is 94.0 cm³/mol. The molecule has 0 amide bonds. The number of nitrogens with zero attached hydrogens (tertiary/aromatic N) is 3. The fourth-order valence-corrected chi connectivity index (χ4v) is 3.23. The summed E-state index contributed by atoms with van der Waals surface area (Å²) in [6.07, 6.45) is 1.46. The topological polar surface area (TPSA) is 67.5 Å². The van der Waals surface area contributed by atoms with Crippen molar-refractivity contribution in [2.45, 2.75) is 6.54 Å². The number of rotatable bonds is 2. The minimum absolute atomic E-state index is 0.0478. The Labute approximate surface area is 150 Å². The summed E-state index contributed by atoms with van der Waals surface area (Å²) >= 11 is 3.44. The third-order valence-corrected chi connectivity index (χ3v) is 4.47. The summed E-state index contributed by atoms with van der Waals surface area (Å²) in [4.78, 5) is 19.9. The average molecular weight is 400 g/mol. The van der Waals surface area contributed by atoms with Gasteiger partial charge < -0.3 is 9.67 Å². The van der Waals surface area contributed by atoms with E-state index < -0.39 is 5.97 Å². The van der Waals surface area contributed by atoms with Gasteiger partial charge in [-0.1, -0.05) is 28.1 Å². The molecule has 0 bridgehead atoms. The average Bonchev–Trinajstić information content (AvgIpc) is 2.95. The number of aromatic nitrogens is 2. The Morgan fingerprint density at radius 3 is 2.76 bits per heavy atom. The SMILES string of the molecule is O=C(O)c1cn2c(n1)CN=C(c1ccccc1F)c1cc(Br)ccc1-2. The van der Waals surface area contributed by atoms with Crippen LogP contribution in [0, 0.1) is 5.82 Å². The summed E-state index contributed by atoms with van der Waals surface area (Å²) in [7, 11) is 0. The predicted octanol–water partition coefficient (Wildman–Crippen LogP) is 3.82. The molecule has 0 aliphatic carbocycles. The second-order valence-corrected chi connectivity index (χ2v) is 6.44. The summed E-state index contributed by atoms with van der Waals surface area (Å²) in [6, 6.07) is 12.0. The van der Waals surface area contributed by atoms with Crippen molar-refractivity contribution in [3.63, 3.8) is 0 Å². The van der Waals surface area contributed by atoms with Gasteiger partial charge in [0.05, 0.1) is 17.9 Å². The maximum Gasteiger partial charge on any atom is 0.356 e. The molecule has 0 radical (unpaired) electrons. The minimum Gasteiger partial charge on any atom is -0.476 e. The van der Waals surface area contributed by atoms with Crippen molar-refractivity contribution in [2.75, 3.05) is 0 Å². The van der Waals surface area contributed by atoms with Gasteiger partial charge in [0.2, 0.25) is 0 Å². The van der Waals surface area contributed by atoms with E-state index in [1.54, 1.807) is 22.8 Å². The maximum atomic E-state index is 14.3. The number of hydrogen-bond donors (Lipinski definition) is 1. The monoisotopic (exact) mass is 399 g/mol. The van der Waals surface area contributed by atoms with Gasteiger partial charge in [-0.05, 0) is 30.3 Å². The molecule has 1 aromatic heterocycles. The third kappa shape index (κ3) is 2.66. The fourth-order valence-electron chi connectivity index (χ4n) is 2.87. The van der Waals surface area contributed by atoms with Gasteiger partial charge in [0.25, 0.3) is 0 Å². The molecular weight excluding hydrogens is 389 g/mol. The largest absolute Gasteiger partial charge is 0.476 e. The molecule has 3 aromatic rings. The molecular formula is C18H11BrFN3O2. The molecule has 1 aliphatic heterocycles. The highest BCUT2D eigenvalue weighted by Crippen LogP contribution is 2.28. The molecule has 25 heavy (non-hydrogen) atoms. The maximum absolute atomic E-state index is 14.3. The van der Waals surface area contributed by atoms with Crippen LogP contribution in [-0.2, 0) is 6.54 Å². The van der Waals surface area contributed by atoms with Gasteiger partial charge >= 0.3 is 5.97 Å². The molecule has 1 N–H and O–H groups in total. The standard InChI is InChI=1S/C18H11BrFN3O2/c19-10-5-6-15-12(7-10)17(11-3-1-2-4-13(11)20)21-8-16-22-14(18(24)25)9-23(15)16/h1-7,9H,8H2,(H,24,25). The van der Waals surface area contributed by atoms with Gasteiger partial charge in [-0.25, -0.2) is 14.2 Å². The number of carbonyl (C=O) groups is 1. The van der Waals surface area contributed by atoms with E-state index in [0.717, 1.165) is 4.47 Å². The fraction of sp³-hybridized carbons (Fsp3) is 0.0556. The van der Waals surface area contributed by atoms with E-state index in [1.807, 2.05) is 18.2 Å². The molecule has 5 nitrogen and oxygen atoms in total. The van der Waals surface area contributed by atoms with Gasteiger partial charge in [-0.15, -0.1) is 0 Å². The van der Waals surface area contributed by atoms with Crippen LogP contribution in [0.15, 0.2) is 58.1 Å². The van der Waals surface area contributed by atoms with Crippen molar-refractivity contribution in [3.8, 4) is 5.69 Å². The van der Waals surface area contributed by atoms with E-state index in [2.05, 4.69) is 25.9 Å². The molecule has 0 saturated heterocycles. The van der Waals surface area contributed by atoms with Gasteiger partial charge in [0, 0.05) is 21.8 Å². The molecule has 0 fully saturated rings. The first kappa shape index (κ1) is 15.7. The first-order valence-electron chi connectivity index (χ1n) is 7.46. The van der Waals surface area contributed by atoms with E-state index in [0.29, 0.717) is 28.4 Å². The number of carboxylic acid groups (broad SMARTS) is 1. The van der Waals surface area contributed by atoms with E-state index in [4.69, 9.17) is 0 Å². The van der Waals surface area contributed by atoms with Gasteiger partial charge in [0.1, 0.15) is 11.6 Å². The Hall–Kier alpha value is -2.80. The van der Waals surface area contributed by atoms with E-state index in [9.17, 15) is 14.3 Å². The van der Waals surface area contributed by atoms with Gasteiger partial charge in [-0.3, -0.25) is 4.99 Å². The van der Waals surface area contributed by atoms with E-state index in [1.165, 1.54) is 12.3 Å². The van der Waals surface area contributed by atoms with Gasteiger partial charge in [0.15, 0.2) is 5.69 Å². The molecule has 0 atom stereocenters. The molecule has 0 unspecified atom stereocenters.